The van der Waals surface area contributed by atoms with Crippen LogP contribution in [0.15, 0.2) is 23.1 Å². The maximum absolute atomic E-state index is 11.1. The second-order valence-corrected chi connectivity index (χ2v) is 4.76. The molecule has 5 nitrogen and oxygen atoms in total. The van der Waals surface area contributed by atoms with Crippen molar-refractivity contribution < 1.29 is 17.8 Å². The summed E-state index contributed by atoms with van der Waals surface area (Å²) in [5.74, 6) is -0.144. The van der Waals surface area contributed by atoms with Crippen molar-refractivity contribution in [2.75, 3.05) is 5.32 Å². The highest BCUT2D eigenvalue weighted by Crippen LogP contribution is 2.25. The van der Waals surface area contributed by atoms with Gasteiger partial charge in [-0.05, 0) is 24.1 Å². The van der Waals surface area contributed by atoms with Crippen LogP contribution in [0.4, 0.5) is 5.69 Å². The van der Waals surface area contributed by atoms with Crippen molar-refractivity contribution in [3.05, 3.63) is 23.8 Å². The first kappa shape index (κ1) is 10.1. The van der Waals surface area contributed by atoms with Gasteiger partial charge in [-0.15, -0.1) is 0 Å². The number of aryl methyl sites for hydroxylation is 1. The number of hydrogen-bond acceptors (Lipinski definition) is 3. The Morgan fingerprint density at radius 2 is 2.00 bits per heavy atom. The molecular weight excluding hydrogens is 218 g/mol. The van der Waals surface area contributed by atoms with E-state index in [-0.39, 0.29) is 10.8 Å². The van der Waals surface area contributed by atoms with Gasteiger partial charge in [0.25, 0.3) is 10.1 Å². The molecule has 1 aromatic rings. The minimum absolute atomic E-state index is 0.144. The SMILES string of the molecule is O=C1CCc2ccc(S(=O)(=O)O)cc2N1. The van der Waals surface area contributed by atoms with Gasteiger partial charge in [0.05, 0.1) is 4.90 Å². The van der Waals surface area contributed by atoms with Gasteiger partial charge in [-0.25, -0.2) is 0 Å². The highest BCUT2D eigenvalue weighted by Gasteiger charge is 2.18. The van der Waals surface area contributed by atoms with Crippen molar-refractivity contribution in [2.45, 2.75) is 17.7 Å². The van der Waals surface area contributed by atoms with Gasteiger partial charge in [0.2, 0.25) is 5.91 Å². The number of benzene rings is 1. The number of rotatable bonds is 1. The van der Waals surface area contributed by atoms with E-state index in [4.69, 9.17) is 4.55 Å². The first-order chi connectivity index (χ1) is 6.97. The van der Waals surface area contributed by atoms with Crippen molar-refractivity contribution in [1.29, 1.82) is 0 Å². The number of nitrogens with one attached hydrogen (secondary N) is 1. The summed E-state index contributed by atoms with van der Waals surface area (Å²) in [7, 11) is -4.21. The Balaban J connectivity index is 2.50. The van der Waals surface area contributed by atoms with Gasteiger partial charge in [-0.1, -0.05) is 6.07 Å². The highest BCUT2D eigenvalue weighted by molar-refractivity contribution is 7.85. The zero-order valence-corrected chi connectivity index (χ0v) is 8.54. The molecule has 15 heavy (non-hydrogen) atoms. The predicted octanol–water partition coefficient (Wildman–Crippen LogP) is 0.818. The van der Waals surface area contributed by atoms with E-state index in [1.807, 2.05) is 0 Å². The van der Waals surface area contributed by atoms with Crippen LogP contribution in [0.5, 0.6) is 0 Å². The number of carbonyl (C=O) groups is 1. The lowest BCUT2D eigenvalue weighted by molar-refractivity contribution is -0.116. The van der Waals surface area contributed by atoms with Crippen LogP contribution in [0, 0.1) is 0 Å². The molecule has 2 rings (SSSR count). The summed E-state index contributed by atoms with van der Waals surface area (Å²) in [6.45, 7) is 0. The van der Waals surface area contributed by atoms with Gasteiger partial charge < -0.3 is 5.32 Å². The zero-order valence-electron chi connectivity index (χ0n) is 7.73. The maximum atomic E-state index is 11.1. The largest absolute Gasteiger partial charge is 0.326 e. The fraction of sp³-hybridized carbons (Fsp3) is 0.222. The summed E-state index contributed by atoms with van der Waals surface area (Å²) >= 11 is 0. The van der Waals surface area contributed by atoms with Crippen molar-refractivity contribution in [3.63, 3.8) is 0 Å². The summed E-state index contributed by atoms with van der Waals surface area (Å²) in [6, 6.07) is 4.19. The van der Waals surface area contributed by atoms with Gasteiger partial charge in [0.1, 0.15) is 0 Å². The summed E-state index contributed by atoms with van der Waals surface area (Å²) in [4.78, 5) is 10.9. The molecule has 0 unspecified atom stereocenters. The van der Waals surface area contributed by atoms with E-state index in [9.17, 15) is 13.2 Å². The van der Waals surface area contributed by atoms with Gasteiger partial charge in [-0.3, -0.25) is 9.35 Å². The van der Waals surface area contributed by atoms with E-state index in [1.54, 1.807) is 6.07 Å². The average molecular weight is 227 g/mol. The molecule has 80 valence electrons. The second kappa shape index (κ2) is 3.32. The molecule has 0 aliphatic carbocycles. The molecule has 0 bridgehead atoms. The minimum Gasteiger partial charge on any atom is -0.326 e. The van der Waals surface area contributed by atoms with E-state index < -0.39 is 10.1 Å². The standard InChI is InChI=1S/C9H9NO4S/c11-9-4-2-6-1-3-7(15(12,13)14)5-8(6)10-9/h1,3,5H,2,4H2,(H,10,11)(H,12,13,14). The molecule has 0 atom stereocenters. The Morgan fingerprint density at radius 1 is 1.27 bits per heavy atom. The lowest BCUT2D eigenvalue weighted by Crippen LogP contribution is -2.19. The molecule has 0 spiro atoms. The topological polar surface area (TPSA) is 83.5 Å². The molecule has 1 heterocycles. The molecule has 0 fully saturated rings. The molecule has 0 saturated heterocycles. The Kier molecular flexibility index (Phi) is 2.24. The molecule has 0 radical (unpaired) electrons. The van der Waals surface area contributed by atoms with Crippen LogP contribution in [0.25, 0.3) is 0 Å². The molecule has 0 aromatic heterocycles. The van der Waals surface area contributed by atoms with Crippen molar-refractivity contribution >= 4 is 21.7 Å². The fourth-order valence-electron chi connectivity index (χ4n) is 1.51. The van der Waals surface area contributed by atoms with E-state index in [2.05, 4.69) is 5.32 Å². The lowest BCUT2D eigenvalue weighted by atomic mass is 10.0. The van der Waals surface area contributed by atoms with Crippen molar-refractivity contribution in [1.82, 2.24) is 0 Å². The Bertz CT molecular complexity index is 521. The van der Waals surface area contributed by atoms with E-state index in [1.165, 1.54) is 12.1 Å². The lowest BCUT2D eigenvalue weighted by Gasteiger charge is -2.16. The molecule has 1 aliphatic rings. The van der Waals surface area contributed by atoms with Crippen LogP contribution in [0.3, 0.4) is 0 Å². The average Bonchev–Trinajstić information content (AvgIpc) is 2.15. The maximum Gasteiger partial charge on any atom is 0.294 e. The third-order valence-corrected chi connectivity index (χ3v) is 3.12. The smallest absolute Gasteiger partial charge is 0.294 e. The van der Waals surface area contributed by atoms with Crippen LogP contribution in [0.2, 0.25) is 0 Å². The van der Waals surface area contributed by atoms with Gasteiger partial charge in [0, 0.05) is 12.1 Å². The molecule has 6 heteroatoms. The number of carbonyl (C=O) groups excluding carboxylic acids is 1. The normalized spacial score (nSPS) is 15.7. The minimum atomic E-state index is -4.21. The van der Waals surface area contributed by atoms with Crippen LogP contribution < -0.4 is 5.32 Å². The molecule has 1 aliphatic heterocycles. The van der Waals surface area contributed by atoms with E-state index in [0.717, 1.165) is 5.56 Å². The van der Waals surface area contributed by atoms with Crippen LogP contribution in [-0.4, -0.2) is 18.9 Å². The van der Waals surface area contributed by atoms with Gasteiger partial charge in [-0.2, -0.15) is 8.42 Å². The summed E-state index contributed by atoms with van der Waals surface area (Å²) in [5.41, 5.74) is 1.34. The molecule has 0 saturated carbocycles. The Morgan fingerprint density at radius 3 is 2.67 bits per heavy atom. The van der Waals surface area contributed by atoms with Crippen molar-refractivity contribution in [2.24, 2.45) is 0 Å². The third kappa shape index (κ3) is 2.00. The molecule has 1 amide bonds. The highest BCUT2D eigenvalue weighted by atomic mass is 32.2. The summed E-state index contributed by atoms with van der Waals surface area (Å²) in [5, 5.41) is 2.56. The van der Waals surface area contributed by atoms with Crippen LogP contribution in [0.1, 0.15) is 12.0 Å². The second-order valence-electron chi connectivity index (χ2n) is 3.34. The van der Waals surface area contributed by atoms with Gasteiger partial charge in [0.15, 0.2) is 0 Å². The first-order valence-corrected chi connectivity index (χ1v) is 5.81. The Labute approximate surface area is 86.9 Å². The Hall–Kier alpha value is -1.40. The summed E-state index contributed by atoms with van der Waals surface area (Å²) in [6.07, 6.45) is 0.991. The number of fused-ring (bicyclic) bond motifs is 1. The number of amides is 1. The van der Waals surface area contributed by atoms with Crippen LogP contribution in [-0.2, 0) is 21.3 Å². The molecule has 2 N–H and O–H groups in total. The number of hydrogen-bond donors (Lipinski definition) is 2. The predicted molar refractivity (Wildman–Crippen MR) is 53.2 cm³/mol. The third-order valence-electron chi connectivity index (χ3n) is 2.27. The summed E-state index contributed by atoms with van der Waals surface area (Å²) < 4.78 is 30.5. The quantitative estimate of drug-likeness (QED) is 0.696. The fourth-order valence-corrected chi connectivity index (χ4v) is 2.02. The number of anilines is 1. The zero-order chi connectivity index (χ0) is 11.1. The van der Waals surface area contributed by atoms with Crippen molar-refractivity contribution in [3.8, 4) is 0 Å². The van der Waals surface area contributed by atoms with E-state index >= 15 is 0 Å². The monoisotopic (exact) mass is 227 g/mol. The molecule has 1 aromatic carbocycles. The van der Waals surface area contributed by atoms with Gasteiger partial charge >= 0.3 is 0 Å². The first-order valence-electron chi connectivity index (χ1n) is 4.37. The molecular formula is C9H9NO4S. The van der Waals surface area contributed by atoms with E-state index in [0.29, 0.717) is 18.5 Å². The van der Waals surface area contributed by atoms with Crippen LogP contribution >= 0.6 is 0 Å².